The van der Waals surface area contributed by atoms with Gasteiger partial charge in [0, 0.05) is 5.69 Å². The van der Waals surface area contributed by atoms with Gasteiger partial charge in [-0.05, 0) is 35.9 Å². The van der Waals surface area contributed by atoms with E-state index in [2.05, 4.69) is 0 Å². The van der Waals surface area contributed by atoms with Crippen LogP contribution in [0.15, 0.2) is 42.5 Å². The molecule has 3 rings (SSSR count). The third-order valence-electron chi connectivity index (χ3n) is 4.76. The van der Waals surface area contributed by atoms with Crippen molar-refractivity contribution < 1.29 is 45.7 Å². The average molecular weight is 474 g/mol. The molecule has 2 aromatic carbocycles. The number of nitriles is 1. The van der Waals surface area contributed by atoms with Crippen LogP contribution in [0.2, 0.25) is 0 Å². The first-order valence-corrected chi connectivity index (χ1v) is 9.42. The van der Waals surface area contributed by atoms with Gasteiger partial charge in [0.05, 0.1) is 30.2 Å². The predicted molar refractivity (Wildman–Crippen MR) is 101 cm³/mol. The third kappa shape index (κ3) is 5.87. The number of carboxylic acids is 1. The standard InChI is InChI=1S/C21H16F6N2O4/c22-20(23,24)17-8-14(4-3-13(17)9-28)29-10-16(33-19(29)21(25,26)27)11-32-15-5-1-12(2-6-15)7-18(30)31/h1-6,8,16,19H,7,10-11H2,(H,30,31). The Balaban J connectivity index is 1.77. The fourth-order valence-corrected chi connectivity index (χ4v) is 3.31. The van der Waals surface area contributed by atoms with Crippen molar-refractivity contribution in [1.82, 2.24) is 0 Å². The van der Waals surface area contributed by atoms with Crippen molar-refractivity contribution in [3.8, 4) is 11.8 Å². The molecule has 1 heterocycles. The largest absolute Gasteiger partial charge is 0.491 e. The highest BCUT2D eigenvalue weighted by atomic mass is 19.4. The van der Waals surface area contributed by atoms with Crippen LogP contribution in [0.3, 0.4) is 0 Å². The number of rotatable bonds is 6. The first kappa shape index (κ1) is 24.2. The number of aliphatic carboxylic acids is 1. The van der Waals surface area contributed by atoms with E-state index in [1.165, 1.54) is 30.3 Å². The van der Waals surface area contributed by atoms with E-state index >= 15 is 0 Å². The van der Waals surface area contributed by atoms with Crippen LogP contribution in [0.5, 0.6) is 5.75 Å². The van der Waals surface area contributed by atoms with Crippen molar-refractivity contribution in [3.63, 3.8) is 0 Å². The van der Waals surface area contributed by atoms with E-state index in [4.69, 9.17) is 19.8 Å². The molecule has 6 nitrogen and oxygen atoms in total. The van der Waals surface area contributed by atoms with Crippen molar-refractivity contribution in [2.45, 2.75) is 31.1 Å². The summed E-state index contributed by atoms with van der Waals surface area (Å²) < 4.78 is 90.8. The smallest absolute Gasteiger partial charge is 0.433 e. The minimum Gasteiger partial charge on any atom is -0.491 e. The maximum Gasteiger partial charge on any atom is 0.433 e. The zero-order chi connectivity index (χ0) is 24.4. The lowest BCUT2D eigenvalue weighted by Crippen LogP contribution is -2.42. The molecule has 0 aromatic heterocycles. The Morgan fingerprint density at radius 2 is 1.82 bits per heavy atom. The van der Waals surface area contributed by atoms with Gasteiger partial charge in [0.25, 0.3) is 0 Å². The molecule has 2 unspecified atom stereocenters. The van der Waals surface area contributed by atoms with E-state index in [1.807, 2.05) is 0 Å². The number of hydrogen-bond acceptors (Lipinski definition) is 5. The van der Waals surface area contributed by atoms with Gasteiger partial charge in [-0.2, -0.15) is 31.6 Å². The summed E-state index contributed by atoms with van der Waals surface area (Å²) in [5.74, 6) is -0.773. The molecule has 1 saturated heterocycles. The average Bonchev–Trinajstić information content (AvgIpc) is 3.17. The molecule has 1 aliphatic rings. The molecule has 1 aliphatic heterocycles. The minimum atomic E-state index is -4.93. The zero-order valence-corrected chi connectivity index (χ0v) is 16.7. The van der Waals surface area contributed by atoms with Crippen molar-refractivity contribution in [2.75, 3.05) is 18.1 Å². The molecule has 0 saturated carbocycles. The van der Waals surface area contributed by atoms with Crippen molar-refractivity contribution in [1.29, 1.82) is 5.26 Å². The Kier molecular flexibility index (Phi) is 6.73. The third-order valence-corrected chi connectivity index (χ3v) is 4.76. The van der Waals surface area contributed by atoms with Gasteiger partial charge in [-0.15, -0.1) is 0 Å². The highest BCUT2D eigenvalue weighted by Gasteiger charge is 2.51. The molecule has 0 aliphatic carbocycles. The lowest BCUT2D eigenvalue weighted by molar-refractivity contribution is -0.215. The van der Waals surface area contributed by atoms with E-state index < -0.39 is 54.0 Å². The maximum atomic E-state index is 13.5. The van der Waals surface area contributed by atoms with Crippen LogP contribution < -0.4 is 9.64 Å². The molecule has 12 heteroatoms. The van der Waals surface area contributed by atoms with Gasteiger partial charge in [0.1, 0.15) is 18.5 Å². The van der Waals surface area contributed by atoms with Crippen LogP contribution in [-0.2, 0) is 22.1 Å². The molecule has 0 bridgehead atoms. The van der Waals surface area contributed by atoms with Crippen LogP contribution in [0.25, 0.3) is 0 Å². The number of carboxylic acid groups (broad SMARTS) is 1. The number of anilines is 1. The molecule has 2 aromatic rings. The van der Waals surface area contributed by atoms with Crippen LogP contribution in [-0.4, -0.2) is 42.7 Å². The Morgan fingerprint density at radius 3 is 2.36 bits per heavy atom. The van der Waals surface area contributed by atoms with Crippen LogP contribution in [0.4, 0.5) is 32.0 Å². The molecule has 0 spiro atoms. The van der Waals surface area contributed by atoms with Gasteiger partial charge in [-0.25, -0.2) is 0 Å². The number of halogens is 6. The van der Waals surface area contributed by atoms with E-state index in [0.717, 1.165) is 12.1 Å². The van der Waals surface area contributed by atoms with E-state index in [1.54, 1.807) is 0 Å². The molecule has 1 N–H and O–H groups in total. The summed E-state index contributed by atoms with van der Waals surface area (Å²) in [6.45, 7) is -0.742. The zero-order valence-electron chi connectivity index (χ0n) is 16.7. The highest BCUT2D eigenvalue weighted by molar-refractivity contribution is 5.70. The number of hydrogen-bond donors (Lipinski definition) is 1. The highest BCUT2D eigenvalue weighted by Crippen LogP contribution is 2.39. The summed E-state index contributed by atoms with van der Waals surface area (Å²) in [6.07, 6.45) is -13.7. The maximum absolute atomic E-state index is 13.5. The number of alkyl halides is 6. The lowest BCUT2D eigenvalue weighted by atomic mass is 10.1. The quantitative estimate of drug-likeness (QED) is 0.626. The van der Waals surface area contributed by atoms with Crippen LogP contribution in [0, 0.1) is 11.3 Å². The minimum absolute atomic E-state index is 0.210. The normalized spacial score (nSPS) is 18.8. The Labute approximate surface area is 183 Å². The van der Waals surface area contributed by atoms with Gasteiger partial charge in [-0.3, -0.25) is 4.79 Å². The van der Waals surface area contributed by atoms with Gasteiger partial charge >= 0.3 is 18.3 Å². The summed E-state index contributed by atoms with van der Waals surface area (Å²) in [5.41, 5.74) is -1.95. The second-order valence-corrected chi connectivity index (χ2v) is 7.17. The van der Waals surface area contributed by atoms with Gasteiger partial charge in [0.15, 0.2) is 0 Å². The molecule has 1 fully saturated rings. The summed E-state index contributed by atoms with van der Waals surface area (Å²) in [5, 5.41) is 17.6. The number of carbonyl (C=O) groups is 1. The van der Waals surface area contributed by atoms with Crippen molar-refractivity contribution >= 4 is 11.7 Å². The van der Waals surface area contributed by atoms with E-state index in [-0.39, 0.29) is 18.8 Å². The second-order valence-electron chi connectivity index (χ2n) is 7.17. The molecule has 2 atom stereocenters. The Bertz CT molecular complexity index is 1050. The Hall–Kier alpha value is -3.46. The van der Waals surface area contributed by atoms with Gasteiger partial charge in [-0.1, -0.05) is 12.1 Å². The fourth-order valence-electron chi connectivity index (χ4n) is 3.31. The SMILES string of the molecule is N#Cc1ccc(N2CC(COc3ccc(CC(=O)O)cc3)OC2C(F)(F)F)cc1C(F)(F)F. The molecule has 33 heavy (non-hydrogen) atoms. The summed E-state index contributed by atoms with van der Waals surface area (Å²) in [4.78, 5) is 11.3. The topological polar surface area (TPSA) is 82.8 Å². The monoisotopic (exact) mass is 474 g/mol. The molecule has 0 amide bonds. The lowest BCUT2D eigenvalue weighted by Gasteiger charge is -2.27. The van der Waals surface area contributed by atoms with Gasteiger partial charge in [0.2, 0.25) is 6.23 Å². The van der Waals surface area contributed by atoms with Crippen molar-refractivity contribution in [2.24, 2.45) is 0 Å². The van der Waals surface area contributed by atoms with Crippen molar-refractivity contribution in [3.05, 3.63) is 59.2 Å². The first-order valence-electron chi connectivity index (χ1n) is 9.42. The number of nitrogens with zero attached hydrogens (tertiary/aromatic N) is 2. The molecule has 0 radical (unpaired) electrons. The fraction of sp³-hybridized carbons (Fsp3) is 0.333. The molecule has 176 valence electrons. The Morgan fingerprint density at radius 1 is 1.15 bits per heavy atom. The van der Waals surface area contributed by atoms with E-state index in [0.29, 0.717) is 16.5 Å². The molecular formula is C21H16F6N2O4. The summed E-state index contributed by atoms with van der Waals surface area (Å²) >= 11 is 0. The van der Waals surface area contributed by atoms with Crippen LogP contribution in [0.1, 0.15) is 16.7 Å². The van der Waals surface area contributed by atoms with Crippen LogP contribution >= 0.6 is 0 Å². The predicted octanol–water partition coefficient (Wildman–Crippen LogP) is 4.38. The number of benzene rings is 2. The molecular weight excluding hydrogens is 458 g/mol. The number of ether oxygens (including phenoxy) is 2. The second kappa shape index (κ2) is 9.19. The summed E-state index contributed by atoms with van der Waals surface area (Å²) in [6, 6.07) is 9.55. The van der Waals surface area contributed by atoms with Gasteiger partial charge < -0.3 is 19.5 Å². The summed E-state index contributed by atoms with van der Waals surface area (Å²) in [7, 11) is 0. The first-order chi connectivity index (χ1) is 15.4. The van der Waals surface area contributed by atoms with E-state index in [9.17, 15) is 31.1 Å².